The molecule has 0 radical (unpaired) electrons. The number of hydrogen-bond acceptors (Lipinski definition) is 2. The largest absolute Gasteiger partial charge is 0.388 e. The second kappa shape index (κ2) is 6.11. The molecule has 2 heteroatoms. The van der Waals surface area contributed by atoms with E-state index in [2.05, 4.69) is 12.1 Å². The van der Waals surface area contributed by atoms with E-state index in [9.17, 15) is 4.79 Å². The number of benzene rings is 1. The lowest BCUT2D eigenvalue weighted by Crippen LogP contribution is -1.97. The summed E-state index contributed by atoms with van der Waals surface area (Å²) in [5.74, 6) is -0.238. The molecule has 0 aliphatic rings. The molecule has 0 aliphatic heterocycles. The zero-order valence-electron chi connectivity index (χ0n) is 8.02. The lowest BCUT2D eigenvalue weighted by atomic mass is 10.1. The molecule has 74 valence electrons. The zero-order valence-corrected chi connectivity index (χ0v) is 8.02. The highest BCUT2D eigenvalue weighted by molar-refractivity contribution is 5.90. The zero-order chi connectivity index (χ0) is 10.2. The first kappa shape index (κ1) is 10.7. The second-order valence-corrected chi connectivity index (χ2v) is 3.05. The van der Waals surface area contributed by atoms with Gasteiger partial charge in [-0.25, -0.2) is 0 Å². The molecule has 0 fully saturated rings. The molecule has 0 aromatic heterocycles. The number of aryl methyl sites for hydroxylation is 1. The van der Waals surface area contributed by atoms with Crippen molar-refractivity contribution in [3.05, 3.63) is 48.0 Å². The predicted octanol–water partition coefficient (Wildman–Crippen LogP) is 1.74. The number of aliphatic hydroxyl groups is 1. The first-order chi connectivity index (χ1) is 6.83. The molecule has 0 spiro atoms. The van der Waals surface area contributed by atoms with Crippen molar-refractivity contribution >= 4 is 5.78 Å². The first-order valence-electron chi connectivity index (χ1n) is 4.67. The average molecular weight is 190 g/mol. The number of allylic oxidation sites excluding steroid dienone is 1. The fourth-order valence-corrected chi connectivity index (χ4v) is 1.16. The van der Waals surface area contributed by atoms with Crippen LogP contribution in [-0.4, -0.2) is 17.5 Å². The predicted molar refractivity (Wildman–Crippen MR) is 56.0 cm³/mol. The summed E-state index contributed by atoms with van der Waals surface area (Å²) in [6.07, 6.45) is 4.99. The van der Waals surface area contributed by atoms with Crippen LogP contribution in [0.2, 0.25) is 0 Å². The van der Waals surface area contributed by atoms with Gasteiger partial charge in [0.25, 0.3) is 0 Å². The van der Waals surface area contributed by atoms with Crippen molar-refractivity contribution in [1.82, 2.24) is 0 Å². The van der Waals surface area contributed by atoms with E-state index in [1.54, 1.807) is 6.08 Å². The lowest BCUT2D eigenvalue weighted by molar-refractivity contribution is -0.117. The summed E-state index contributed by atoms with van der Waals surface area (Å²) in [5.41, 5.74) is 1.26. The molecule has 0 saturated heterocycles. The molecular formula is C12H14O2. The van der Waals surface area contributed by atoms with Crippen LogP contribution in [0.15, 0.2) is 42.5 Å². The average Bonchev–Trinajstić information content (AvgIpc) is 2.25. The van der Waals surface area contributed by atoms with Gasteiger partial charge >= 0.3 is 0 Å². The number of hydrogen-bond donors (Lipinski definition) is 1. The van der Waals surface area contributed by atoms with E-state index in [-0.39, 0.29) is 5.78 Å². The molecule has 1 rings (SSSR count). The topological polar surface area (TPSA) is 37.3 Å². The Hall–Kier alpha value is -1.41. The van der Waals surface area contributed by atoms with Gasteiger partial charge in [-0.1, -0.05) is 36.4 Å². The Balaban J connectivity index is 2.29. The third-order valence-corrected chi connectivity index (χ3v) is 1.90. The number of rotatable bonds is 5. The highest BCUT2D eigenvalue weighted by Crippen LogP contribution is 2.02. The maximum Gasteiger partial charge on any atom is 0.180 e. The van der Waals surface area contributed by atoms with Gasteiger partial charge in [0.05, 0.1) is 0 Å². The van der Waals surface area contributed by atoms with Crippen LogP contribution in [0.4, 0.5) is 0 Å². The summed E-state index contributed by atoms with van der Waals surface area (Å²) in [5, 5.41) is 8.45. The Morgan fingerprint density at radius 3 is 2.64 bits per heavy atom. The molecular weight excluding hydrogens is 176 g/mol. The Bertz CT molecular complexity index is 301. The molecule has 1 aromatic carbocycles. The number of carbonyl (C=O) groups is 1. The van der Waals surface area contributed by atoms with E-state index >= 15 is 0 Å². The Labute approximate surface area is 83.9 Å². The van der Waals surface area contributed by atoms with Crippen molar-refractivity contribution in [2.24, 2.45) is 0 Å². The van der Waals surface area contributed by atoms with E-state index in [0.717, 1.165) is 12.8 Å². The maximum absolute atomic E-state index is 10.7. The van der Waals surface area contributed by atoms with E-state index in [4.69, 9.17) is 5.11 Å². The van der Waals surface area contributed by atoms with Crippen molar-refractivity contribution in [2.75, 3.05) is 6.61 Å². The summed E-state index contributed by atoms with van der Waals surface area (Å²) >= 11 is 0. The molecule has 0 atom stereocenters. The first-order valence-corrected chi connectivity index (χ1v) is 4.67. The van der Waals surface area contributed by atoms with Crippen molar-refractivity contribution in [3.63, 3.8) is 0 Å². The van der Waals surface area contributed by atoms with Gasteiger partial charge in [-0.15, -0.1) is 0 Å². The smallest absolute Gasteiger partial charge is 0.180 e. The second-order valence-electron chi connectivity index (χ2n) is 3.05. The molecule has 0 bridgehead atoms. The third kappa shape index (κ3) is 4.01. The Kier molecular flexibility index (Phi) is 4.65. The van der Waals surface area contributed by atoms with E-state index in [1.807, 2.05) is 18.2 Å². The van der Waals surface area contributed by atoms with Crippen LogP contribution in [0.1, 0.15) is 12.0 Å². The summed E-state index contributed by atoms with van der Waals surface area (Å²) in [6.45, 7) is -0.401. The van der Waals surface area contributed by atoms with Crippen molar-refractivity contribution in [3.8, 4) is 0 Å². The molecule has 0 heterocycles. The number of ketones is 1. The molecule has 1 N–H and O–H groups in total. The van der Waals surface area contributed by atoms with Crippen LogP contribution >= 0.6 is 0 Å². The van der Waals surface area contributed by atoms with Gasteiger partial charge < -0.3 is 5.11 Å². The molecule has 0 amide bonds. The Morgan fingerprint density at radius 2 is 2.00 bits per heavy atom. The van der Waals surface area contributed by atoms with Crippen molar-refractivity contribution in [2.45, 2.75) is 12.8 Å². The maximum atomic E-state index is 10.7. The molecule has 1 aromatic rings. The van der Waals surface area contributed by atoms with Crippen LogP contribution < -0.4 is 0 Å². The van der Waals surface area contributed by atoms with Gasteiger partial charge in [-0.3, -0.25) is 4.79 Å². The summed E-state index contributed by atoms with van der Waals surface area (Å²) in [4.78, 5) is 10.7. The van der Waals surface area contributed by atoms with Crippen LogP contribution in [0.25, 0.3) is 0 Å². The van der Waals surface area contributed by atoms with Crippen molar-refractivity contribution in [1.29, 1.82) is 0 Å². The minimum atomic E-state index is -0.401. The molecule has 0 saturated carbocycles. The van der Waals surface area contributed by atoms with Crippen LogP contribution in [0.3, 0.4) is 0 Å². The van der Waals surface area contributed by atoms with Gasteiger partial charge in [-0.05, 0) is 24.5 Å². The Morgan fingerprint density at radius 1 is 1.29 bits per heavy atom. The van der Waals surface area contributed by atoms with Gasteiger partial charge in [0.1, 0.15) is 6.61 Å². The van der Waals surface area contributed by atoms with Gasteiger partial charge in [-0.2, -0.15) is 0 Å². The summed E-state index contributed by atoms with van der Waals surface area (Å²) < 4.78 is 0. The third-order valence-electron chi connectivity index (χ3n) is 1.90. The fourth-order valence-electron chi connectivity index (χ4n) is 1.16. The quantitative estimate of drug-likeness (QED) is 0.718. The number of carbonyl (C=O) groups excluding carboxylic acids is 1. The summed E-state index contributed by atoms with van der Waals surface area (Å²) in [7, 11) is 0. The van der Waals surface area contributed by atoms with Crippen LogP contribution in [-0.2, 0) is 11.2 Å². The molecule has 0 aliphatic carbocycles. The van der Waals surface area contributed by atoms with E-state index in [1.165, 1.54) is 11.6 Å². The fraction of sp³-hybridized carbons (Fsp3) is 0.250. The highest BCUT2D eigenvalue weighted by atomic mass is 16.3. The minimum Gasteiger partial charge on any atom is -0.388 e. The van der Waals surface area contributed by atoms with Crippen LogP contribution in [0, 0.1) is 0 Å². The van der Waals surface area contributed by atoms with E-state index < -0.39 is 6.61 Å². The van der Waals surface area contributed by atoms with Crippen LogP contribution in [0.5, 0.6) is 0 Å². The summed E-state index contributed by atoms with van der Waals surface area (Å²) in [6, 6.07) is 10.1. The standard InChI is InChI=1S/C12H14O2/c13-10-12(14)9-5-4-8-11-6-2-1-3-7-11/h1-3,5-7,9,13H,4,8,10H2/b9-5+. The van der Waals surface area contributed by atoms with Gasteiger partial charge in [0.15, 0.2) is 5.78 Å². The molecule has 14 heavy (non-hydrogen) atoms. The normalized spacial score (nSPS) is 10.6. The van der Waals surface area contributed by atoms with E-state index in [0.29, 0.717) is 0 Å². The SMILES string of the molecule is O=C(/C=C/CCc1ccccc1)CO. The van der Waals surface area contributed by atoms with Gasteiger partial charge in [0, 0.05) is 0 Å². The van der Waals surface area contributed by atoms with Crippen molar-refractivity contribution < 1.29 is 9.90 Å². The monoisotopic (exact) mass is 190 g/mol. The van der Waals surface area contributed by atoms with Gasteiger partial charge in [0.2, 0.25) is 0 Å². The minimum absolute atomic E-state index is 0.238. The molecule has 0 unspecified atom stereocenters. The highest BCUT2D eigenvalue weighted by Gasteiger charge is 1.91. The lowest BCUT2D eigenvalue weighted by Gasteiger charge is -1.95. The molecule has 2 nitrogen and oxygen atoms in total. The number of aliphatic hydroxyl groups excluding tert-OH is 1.